The van der Waals surface area contributed by atoms with E-state index in [1.807, 2.05) is 43.7 Å². The molecular formula is C18H21N5OS2. The fraction of sp³-hybridized carbons (Fsp3) is 0.333. The number of aryl methyl sites for hydroxylation is 1. The Hall–Kier alpha value is -2.19. The average molecular weight is 388 g/mol. The lowest BCUT2D eigenvalue weighted by molar-refractivity contribution is -0.128. The Bertz CT molecular complexity index is 900. The first kappa shape index (κ1) is 18.6. The summed E-state index contributed by atoms with van der Waals surface area (Å²) in [5, 5.41) is 9.90. The number of carbonyl (C=O) groups is 1. The number of thioether (sulfide) groups is 1. The Morgan fingerprint density at radius 3 is 2.92 bits per heavy atom. The van der Waals surface area contributed by atoms with E-state index in [2.05, 4.69) is 27.8 Å². The summed E-state index contributed by atoms with van der Waals surface area (Å²) in [6.45, 7) is 8.28. The first-order valence-corrected chi connectivity index (χ1v) is 10.1. The van der Waals surface area contributed by atoms with Crippen LogP contribution in [0.15, 0.2) is 42.1 Å². The lowest BCUT2D eigenvalue weighted by atomic mass is 10.3. The molecule has 0 aliphatic heterocycles. The van der Waals surface area contributed by atoms with Crippen molar-refractivity contribution in [1.82, 2.24) is 24.6 Å². The Balaban J connectivity index is 1.66. The molecule has 2 aromatic heterocycles. The van der Waals surface area contributed by atoms with Gasteiger partial charge in [0.2, 0.25) is 5.91 Å². The minimum atomic E-state index is -0.0757. The number of aromatic nitrogens is 4. The lowest BCUT2D eigenvalue weighted by Crippen LogP contribution is -2.31. The summed E-state index contributed by atoms with van der Waals surface area (Å²) in [6, 6.07) is 7.95. The van der Waals surface area contributed by atoms with Crippen LogP contribution in [0.5, 0.6) is 0 Å². The molecule has 0 spiro atoms. The number of fused-ring (bicyclic) bond motifs is 1. The Labute approximate surface area is 160 Å². The Morgan fingerprint density at radius 1 is 1.42 bits per heavy atom. The second kappa shape index (κ2) is 8.01. The van der Waals surface area contributed by atoms with Crippen LogP contribution in [-0.4, -0.2) is 43.4 Å². The van der Waals surface area contributed by atoms with Crippen LogP contribution in [0.25, 0.3) is 10.2 Å². The second-order valence-electron chi connectivity index (χ2n) is 5.92. The van der Waals surface area contributed by atoms with Gasteiger partial charge >= 0.3 is 0 Å². The quantitative estimate of drug-likeness (QED) is 0.457. The summed E-state index contributed by atoms with van der Waals surface area (Å²) in [5.41, 5.74) is 0.975. The lowest BCUT2D eigenvalue weighted by Gasteiger charge is -2.23. The number of hydrogen-bond acceptors (Lipinski definition) is 6. The molecule has 136 valence electrons. The molecular weight excluding hydrogens is 366 g/mol. The number of rotatable bonds is 7. The van der Waals surface area contributed by atoms with E-state index in [0.29, 0.717) is 12.3 Å². The highest BCUT2D eigenvalue weighted by atomic mass is 32.2. The number of hydrogen-bond donors (Lipinski definition) is 0. The molecule has 1 aromatic carbocycles. The van der Waals surface area contributed by atoms with Crippen molar-refractivity contribution in [3.05, 3.63) is 47.8 Å². The van der Waals surface area contributed by atoms with Crippen molar-refractivity contribution in [3.8, 4) is 0 Å². The van der Waals surface area contributed by atoms with E-state index < -0.39 is 0 Å². The third-order valence-corrected chi connectivity index (χ3v) is 6.34. The van der Waals surface area contributed by atoms with Gasteiger partial charge in [0, 0.05) is 13.6 Å². The average Bonchev–Trinajstić information content (AvgIpc) is 3.23. The van der Waals surface area contributed by atoms with Crippen molar-refractivity contribution in [2.45, 2.75) is 31.6 Å². The zero-order valence-corrected chi connectivity index (χ0v) is 16.7. The van der Waals surface area contributed by atoms with Gasteiger partial charge in [0.25, 0.3) is 0 Å². The highest BCUT2D eigenvalue weighted by molar-refractivity contribution is 7.99. The van der Waals surface area contributed by atoms with Gasteiger partial charge in [-0.1, -0.05) is 30.0 Å². The number of amides is 1. The fourth-order valence-corrected chi connectivity index (χ4v) is 4.47. The number of nitrogens with zero attached hydrogens (tertiary/aromatic N) is 5. The third-order valence-electron chi connectivity index (χ3n) is 4.18. The van der Waals surface area contributed by atoms with Crippen LogP contribution in [0.4, 0.5) is 0 Å². The standard InChI is InChI=1S/C18H21N5OS2/c1-5-10-23-13(3)20-21-18(23)25-11-16(24)22(4)12(2)17-19-14-8-6-7-9-15(14)26-17/h5-9,12H,1,10-11H2,2-4H3/t12-/m0/s1. The van der Waals surface area contributed by atoms with Crippen molar-refractivity contribution in [2.24, 2.45) is 0 Å². The maximum Gasteiger partial charge on any atom is 0.233 e. The van der Waals surface area contributed by atoms with E-state index in [-0.39, 0.29) is 11.9 Å². The molecule has 0 radical (unpaired) electrons. The van der Waals surface area contributed by atoms with Gasteiger partial charge in [-0.05, 0) is 26.0 Å². The predicted octanol–water partition coefficient (Wildman–Crippen LogP) is 3.69. The Morgan fingerprint density at radius 2 is 2.19 bits per heavy atom. The molecule has 0 saturated carbocycles. The molecule has 26 heavy (non-hydrogen) atoms. The normalized spacial score (nSPS) is 12.3. The minimum absolute atomic E-state index is 0.0348. The fourth-order valence-electron chi connectivity index (χ4n) is 2.49. The molecule has 0 aliphatic rings. The summed E-state index contributed by atoms with van der Waals surface area (Å²) < 4.78 is 3.08. The van der Waals surface area contributed by atoms with Crippen molar-refractivity contribution < 1.29 is 4.79 Å². The van der Waals surface area contributed by atoms with Crippen LogP contribution in [-0.2, 0) is 11.3 Å². The maximum atomic E-state index is 12.6. The smallest absolute Gasteiger partial charge is 0.233 e. The highest BCUT2D eigenvalue weighted by Crippen LogP contribution is 2.29. The molecule has 0 saturated heterocycles. The van der Waals surface area contributed by atoms with Gasteiger partial charge in [-0.25, -0.2) is 4.98 Å². The highest BCUT2D eigenvalue weighted by Gasteiger charge is 2.21. The molecule has 0 unspecified atom stereocenters. The van der Waals surface area contributed by atoms with Gasteiger partial charge in [0.05, 0.1) is 22.0 Å². The SMILES string of the molecule is C=CCn1c(C)nnc1SCC(=O)N(C)[C@@H](C)c1nc2ccccc2s1. The zero-order chi connectivity index (χ0) is 18.7. The van der Waals surface area contributed by atoms with Crippen LogP contribution < -0.4 is 0 Å². The topological polar surface area (TPSA) is 63.9 Å². The summed E-state index contributed by atoms with van der Waals surface area (Å²) in [5.74, 6) is 1.16. The number of thiazole rings is 1. The molecule has 0 fully saturated rings. The van der Waals surface area contributed by atoms with Gasteiger partial charge in [0.15, 0.2) is 5.16 Å². The first-order chi connectivity index (χ1) is 12.5. The monoisotopic (exact) mass is 387 g/mol. The van der Waals surface area contributed by atoms with E-state index in [1.54, 1.807) is 22.3 Å². The van der Waals surface area contributed by atoms with Crippen LogP contribution in [0.2, 0.25) is 0 Å². The van der Waals surface area contributed by atoms with Crippen LogP contribution in [0.3, 0.4) is 0 Å². The Kier molecular flexibility index (Phi) is 5.73. The van der Waals surface area contributed by atoms with Crippen LogP contribution in [0.1, 0.15) is 23.8 Å². The van der Waals surface area contributed by atoms with E-state index in [4.69, 9.17) is 0 Å². The van der Waals surface area contributed by atoms with Crippen molar-refractivity contribution >= 4 is 39.2 Å². The van der Waals surface area contributed by atoms with Gasteiger partial charge < -0.3 is 9.47 Å². The van der Waals surface area contributed by atoms with Crippen molar-refractivity contribution in [1.29, 1.82) is 0 Å². The third kappa shape index (κ3) is 3.81. The summed E-state index contributed by atoms with van der Waals surface area (Å²) in [6.07, 6.45) is 1.80. The maximum absolute atomic E-state index is 12.6. The molecule has 6 nitrogen and oxygen atoms in total. The molecule has 0 bridgehead atoms. The summed E-state index contributed by atoms with van der Waals surface area (Å²) in [7, 11) is 1.82. The van der Waals surface area contributed by atoms with E-state index in [1.165, 1.54) is 11.8 Å². The summed E-state index contributed by atoms with van der Waals surface area (Å²) >= 11 is 3.02. The predicted molar refractivity (Wildman–Crippen MR) is 106 cm³/mol. The van der Waals surface area contributed by atoms with Gasteiger partial charge in [-0.3, -0.25) is 4.79 Å². The van der Waals surface area contributed by atoms with Crippen molar-refractivity contribution in [3.63, 3.8) is 0 Å². The van der Waals surface area contributed by atoms with Gasteiger partial charge in [-0.2, -0.15) is 0 Å². The minimum Gasteiger partial charge on any atom is -0.336 e. The van der Waals surface area contributed by atoms with Gasteiger partial charge in [-0.15, -0.1) is 28.1 Å². The zero-order valence-electron chi connectivity index (χ0n) is 15.0. The molecule has 0 aliphatic carbocycles. The largest absolute Gasteiger partial charge is 0.336 e. The number of allylic oxidation sites excluding steroid dienone is 1. The molecule has 1 atom stereocenters. The number of benzene rings is 1. The molecule has 3 aromatic rings. The molecule has 8 heteroatoms. The summed E-state index contributed by atoms with van der Waals surface area (Å²) in [4.78, 5) is 19.0. The van der Waals surface area contributed by atoms with Crippen LogP contribution >= 0.6 is 23.1 Å². The number of para-hydroxylation sites is 1. The second-order valence-corrected chi connectivity index (χ2v) is 7.92. The van der Waals surface area contributed by atoms with E-state index in [0.717, 1.165) is 26.2 Å². The molecule has 0 N–H and O–H groups in total. The van der Waals surface area contributed by atoms with E-state index in [9.17, 15) is 4.79 Å². The molecule has 2 heterocycles. The van der Waals surface area contributed by atoms with Crippen LogP contribution in [0, 0.1) is 6.92 Å². The van der Waals surface area contributed by atoms with E-state index >= 15 is 0 Å². The first-order valence-electron chi connectivity index (χ1n) is 8.26. The van der Waals surface area contributed by atoms with Crippen molar-refractivity contribution in [2.75, 3.05) is 12.8 Å². The molecule has 1 amide bonds. The number of carbonyl (C=O) groups excluding carboxylic acids is 1. The van der Waals surface area contributed by atoms with Gasteiger partial charge in [0.1, 0.15) is 10.8 Å². The molecule has 3 rings (SSSR count).